The Balaban J connectivity index is 1.71. The number of aliphatic hydroxyl groups excluding tert-OH is 1. The van der Waals surface area contributed by atoms with Crippen LogP contribution in [0.15, 0.2) is 24.3 Å². The monoisotopic (exact) mass is 287 g/mol. The molecule has 0 unspecified atom stereocenters. The number of hydrogen-bond acceptors (Lipinski definition) is 2. The van der Waals surface area contributed by atoms with Gasteiger partial charge in [0.05, 0.1) is 0 Å². The zero-order valence-corrected chi connectivity index (χ0v) is 13.2. The highest BCUT2D eigenvalue weighted by Gasteiger charge is 2.32. The van der Waals surface area contributed by atoms with Gasteiger partial charge >= 0.3 is 0 Å². The summed E-state index contributed by atoms with van der Waals surface area (Å²) in [4.78, 5) is 2.60. The third-order valence-electron chi connectivity index (χ3n) is 5.49. The molecule has 0 amide bonds. The largest absolute Gasteiger partial charge is 0.396 e. The van der Waals surface area contributed by atoms with Crippen LogP contribution in [-0.4, -0.2) is 29.7 Å². The lowest BCUT2D eigenvalue weighted by Gasteiger charge is -2.36. The third kappa shape index (κ3) is 3.67. The summed E-state index contributed by atoms with van der Waals surface area (Å²) in [5, 5.41) is 10.0. The number of hydrogen-bond donors (Lipinski definition) is 1. The molecule has 2 nitrogen and oxygen atoms in total. The van der Waals surface area contributed by atoms with Gasteiger partial charge in [0, 0.05) is 25.1 Å². The second kappa shape index (κ2) is 6.93. The molecule has 2 heteroatoms. The Hall–Kier alpha value is -0.860. The van der Waals surface area contributed by atoms with Crippen LogP contribution in [0.3, 0.4) is 0 Å². The molecular formula is C19H29NO. The van der Waals surface area contributed by atoms with E-state index < -0.39 is 0 Å². The minimum Gasteiger partial charge on any atom is -0.396 e. The van der Waals surface area contributed by atoms with Crippen molar-refractivity contribution in [2.75, 3.05) is 19.7 Å². The van der Waals surface area contributed by atoms with E-state index in [4.69, 9.17) is 0 Å². The summed E-state index contributed by atoms with van der Waals surface area (Å²) in [6, 6.07) is 8.89. The van der Waals surface area contributed by atoms with Crippen LogP contribution in [-0.2, 0) is 13.0 Å². The van der Waals surface area contributed by atoms with E-state index >= 15 is 0 Å². The fourth-order valence-electron chi connectivity index (χ4n) is 4.22. The Kier molecular flexibility index (Phi) is 4.97. The van der Waals surface area contributed by atoms with Gasteiger partial charge in [0.1, 0.15) is 0 Å². The van der Waals surface area contributed by atoms with Gasteiger partial charge in [-0.2, -0.15) is 0 Å². The maximum Gasteiger partial charge on any atom is 0.0499 e. The van der Waals surface area contributed by atoms with E-state index in [2.05, 4.69) is 29.2 Å². The van der Waals surface area contributed by atoms with Gasteiger partial charge in [-0.1, -0.05) is 49.9 Å². The molecule has 2 aliphatic rings. The molecule has 1 saturated carbocycles. The van der Waals surface area contributed by atoms with Gasteiger partial charge in [-0.15, -0.1) is 0 Å². The molecule has 1 aromatic carbocycles. The van der Waals surface area contributed by atoms with Crippen LogP contribution < -0.4 is 0 Å². The fourth-order valence-corrected chi connectivity index (χ4v) is 4.22. The quantitative estimate of drug-likeness (QED) is 0.856. The van der Waals surface area contributed by atoms with E-state index in [1.165, 1.54) is 69.0 Å². The topological polar surface area (TPSA) is 23.5 Å². The van der Waals surface area contributed by atoms with Crippen molar-refractivity contribution in [2.24, 2.45) is 5.41 Å². The van der Waals surface area contributed by atoms with Crippen molar-refractivity contribution in [1.29, 1.82) is 0 Å². The van der Waals surface area contributed by atoms with Crippen LogP contribution in [0.5, 0.6) is 0 Å². The molecule has 21 heavy (non-hydrogen) atoms. The van der Waals surface area contributed by atoms with Crippen molar-refractivity contribution in [2.45, 2.75) is 57.9 Å². The van der Waals surface area contributed by atoms with Gasteiger partial charge in [-0.25, -0.2) is 0 Å². The van der Waals surface area contributed by atoms with Gasteiger partial charge in [0.25, 0.3) is 0 Å². The van der Waals surface area contributed by atoms with Crippen LogP contribution in [0.4, 0.5) is 0 Å². The predicted molar refractivity (Wildman–Crippen MR) is 87.3 cm³/mol. The first-order valence-corrected chi connectivity index (χ1v) is 8.71. The number of benzene rings is 1. The molecule has 0 bridgehead atoms. The normalized spacial score (nSPS) is 23.1. The van der Waals surface area contributed by atoms with Crippen LogP contribution in [0.1, 0.15) is 56.1 Å². The van der Waals surface area contributed by atoms with E-state index in [9.17, 15) is 5.11 Å². The molecule has 3 rings (SSSR count). The second-order valence-corrected chi connectivity index (χ2v) is 7.16. The highest BCUT2D eigenvalue weighted by molar-refractivity contribution is 5.28. The van der Waals surface area contributed by atoms with Crippen LogP contribution in [0.25, 0.3) is 0 Å². The molecule has 0 aromatic heterocycles. The molecule has 1 aliphatic carbocycles. The van der Waals surface area contributed by atoms with Crippen molar-refractivity contribution >= 4 is 0 Å². The Morgan fingerprint density at radius 1 is 0.952 bits per heavy atom. The Bertz CT molecular complexity index is 449. The summed E-state index contributed by atoms with van der Waals surface area (Å²) in [5.41, 5.74) is 3.19. The molecule has 1 N–H and O–H groups in total. The van der Waals surface area contributed by atoms with Crippen molar-refractivity contribution in [1.82, 2.24) is 4.90 Å². The van der Waals surface area contributed by atoms with Crippen LogP contribution in [0, 0.1) is 5.41 Å². The third-order valence-corrected chi connectivity index (χ3v) is 5.49. The van der Waals surface area contributed by atoms with Crippen LogP contribution >= 0.6 is 0 Å². The minimum absolute atomic E-state index is 0.162. The maximum absolute atomic E-state index is 10.0. The Labute approximate surface area is 129 Å². The SMILES string of the molecule is OCC1(CN2CCCc3ccccc3C2)CCCCCC1. The lowest BCUT2D eigenvalue weighted by atomic mass is 9.80. The van der Waals surface area contributed by atoms with Crippen molar-refractivity contribution in [3.05, 3.63) is 35.4 Å². The van der Waals surface area contributed by atoms with Gasteiger partial charge in [-0.3, -0.25) is 4.90 Å². The van der Waals surface area contributed by atoms with Gasteiger partial charge in [0.2, 0.25) is 0 Å². The summed E-state index contributed by atoms with van der Waals surface area (Å²) in [7, 11) is 0. The molecule has 1 heterocycles. The lowest BCUT2D eigenvalue weighted by molar-refractivity contribution is 0.0568. The smallest absolute Gasteiger partial charge is 0.0499 e. The first kappa shape index (κ1) is 15.1. The highest BCUT2D eigenvalue weighted by atomic mass is 16.3. The molecule has 1 aromatic rings. The van der Waals surface area contributed by atoms with E-state index in [0.717, 1.165) is 13.1 Å². The zero-order valence-electron chi connectivity index (χ0n) is 13.2. The van der Waals surface area contributed by atoms with Gasteiger partial charge < -0.3 is 5.11 Å². The molecular weight excluding hydrogens is 258 g/mol. The van der Waals surface area contributed by atoms with Crippen LogP contribution in [0.2, 0.25) is 0 Å². The first-order valence-electron chi connectivity index (χ1n) is 8.71. The summed E-state index contributed by atoms with van der Waals surface area (Å²) in [6.07, 6.45) is 10.2. The summed E-state index contributed by atoms with van der Waals surface area (Å²) in [6.45, 7) is 3.69. The van der Waals surface area contributed by atoms with E-state index in [1.54, 1.807) is 0 Å². The van der Waals surface area contributed by atoms with E-state index in [-0.39, 0.29) is 5.41 Å². The number of nitrogens with zero attached hydrogens (tertiary/aromatic N) is 1. The molecule has 0 spiro atoms. The van der Waals surface area contributed by atoms with Gasteiger partial charge in [-0.05, 0) is 43.4 Å². The number of rotatable bonds is 3. The molecule has 0 saturated heterocycles. The maximum atomic E-state index is 10.0. The minimum atomic E-state index is 0.162. The predicted octanol–water partition coefficient (Wildman–Crippen LogP) is 3.77. The summed E-state index contributed by atoms with van der Waals surface area (Å²) >= 11 is 0. The van der Waals surface area contributed by atoms with Crippen molar-refractivity contribution in [3.8, 4) is 0 Å². The standard InChI is InChI=1S/C19H29NO/c21-16-19(11-5-1-2-6-12-19)15-20-13-7-10-17-8-3-4-9-18(17)14-20/h3-4,8-9,21H,1-2,5-7,10-16H2. The molecule has 0 atom stereocenters. The summed E-state index contributed by atoms with van der Waals surface area (Å²) < 4.78 is 0. The second-order valence-electron chi connectivity index (χ2n) is 7.16. The molecule has 1 fully saturated rings. The average Bonchev–Trinajstić information content (AvgIpc) is 2.86. The molecule has 0 radical (unpaired) electrons. The van der Waals surface area contributed by atoms with Crippen molar-refractivity contribution in [3.63, 3.8) is 0 Å². The highest BCUT2D eigenvalue weighted by Crippen LogP contribution is 2.36. The molecule has 1 aliphatic heterocycles. The summed E-state index contributed by atoms with van der Waals surface area (Å²) in [5.74, 6) is 0. The van der Waals surface area contributed by atoms with Crippen molar-refractivity contribution < 1.29 is 5.11 Å². The fraction of sp³-hybridized carbons (Fsp3) is 0.684. The number of fused-ring (bicyclic) bond motifs is 1. The zero-order chi connectivity index (χ0) is 14.5. The van der Waals surface area contributed by atoms with E-state index in [1.807, 2.05) is 0 Å². The van der Waals surface area contributed by atoms with E-state index in [0.29, 0.717) is 6.61 Å². The number of aryl methyl sites for hydroxylation is 1. The first-order chi connectivity index (χ1) is 10.3. The average molecular weight is 287 g/mol. The Morgan fingerprint density at radius 3 is 2.38 bits per heavy atom. The lowest BCUT2D eigenvalue weighted by Crippen LogP contribution is -2.40. The van der Waals surface area contributed by atoms with Gasteiger partial charge in [0.15, 0.2) is 0 Å². The molecule has 116 valence electrons. The Morgan fingerprint density at radius 2 is 1.67 bits per heavy atom. The number of aliphatic hydroxyl groups is 1.